The highest BCUT2D eigenvalue weighted by atomic mass is 19.1. The molecule has 0 saturated carbocycles. The first kappa shape index (κ1) is 13.7. The van der Waals surface area contributed by atoms with Crippen LogP contribution in [-0.2, 0) is 4.65 Å². The quantitative estimate of drug-likeness (QED) is 0.633. The van der Waals surface area contributed by atoms with Gasteiger partial charge in [-0.2, -0.15) is 4.39 Å². The van der Waals surface area contributed by atoms with Crippen LogP contribution in [0.1, 0.15) is 22.0 Å². The number of fused-ring (bicyclic) bond motifs is 1. The molecule has 3 rings (SSSR count). The van der Waals surface area contributed by atoms with Crippen LogP contribution in [0.2, 0.25) is 0 Å². The van der Waals surface area contributed by atoms with Gasteiger partial charge in [-0.15, -0.1) is 0 Å². The molecule has 2 heterocycles. The summed E-state index contributed by atoms with van der Waals surface area (Å²) in [4.78, 5) is 15.3. The Morgan fingerprint density at radius 2 is 2.19 bits per heavy atom. The second-order valence-electron chi connectivity index (χ2n) is 4.66. The third-order valence-electron chi connectivity index (χ3n) is 3.35. The van der Waals surface area contributed by atoms with E-state index in [1.54, 1.807) is 12.1 Å². The lowest BCUT2D eigenvalue weighted by Gasteiger charge is -2.13. The van der Waals surface area contributed by atoms with E-state index in [0.29, 0.717) is 5.46 Å². The number of hydrogen-bond donors (Lipinski definition) is 2. The van der Waals surface area contributed by atoms with Crippen molar-refractivity contribution in [1.82, 2.24) is 10.3 Å². The SMILES string of the molecule is O=C(NCC1OB(O)c2ccccc21)c1cccnc1F. The minimum atomic E-state index is -1.00. The Bertz CT molecular complexity index is 683. The number of benzene rings is 1. The first-order chi connectivity index (χ1) is 10.2. The van der Waals surface area contributed by atoms with Crippen molar-refractivity contribution in [3.8, 4) is 0 Å². The molecule has 1 aliphatic heterocycles. The number of halogens is 1. The highest BCUT2D eigenvalue weighted by molar-refractivity contribution is 6.61. The van der Waals surface area contributed by atoms with Gasteiger partial charge in [0.25, 0.3) is 5.91 Å². The molecule has 0 aliphatic carbocycles. The normalized spacial score (nSPS) is 16.7. The molecule has 1 aliphatic rings. The molecule has 1 amide bonds. The fourth-order valence-corrected chi connectivity index (χ4v) is 2.33. The Morgan fingerprint density at radius 1 is 1.38 bits per heavy atom. The number of nitrogens with zero attached hydrogens (tertiary/aromatic N) is 1. The molecule has 5 nitrogen and oxygen atoms in total. The molecular formula is C14H12BFN2O3. The fraction of sp³-hybridized carbons (Fsp3) is 0.143. The molecule has 21 heavy (non-hydrogen) atoms. The highest BCUT2D eigenvalue weighted by Crippen LogP contribution is 2.22. The van der Waals surface area contributed by atoms with Crippen LogP contribution in [0.3, 0.4) is 0 Å². The van der Waals surface area contributed by atoms with E-state index in [4.69, 9.17) is 4.65 Å². The Morgan fingerprint density at radius 3 is 3.00 bits per heavy atom. The molecule has 0 spiro atoms. The average Bonchev–Trinajstić information content (AvgIpc) is 2.82. The van der Waals surface area contributed by atoms with Crippen molar-refractivity contribution in [2.45, 2.75) is 6.10 Å². The number of rotatable bonds is 3. The van der Waals surface area contributed by atoms with Gasteiger partial charge in [-0.3, -0.25) is 4.79 Å². The lowest BCUT2D eigenvalue weighted by Crippen LogP contribution is -2.30. The van der Waals surface area contributed by atoms with Crippen molar-refractivity contribution in [1.29, 1.82) is 0 Å². The van der Waals surface area contributed by atoms with Gasteiger partial charge < -0.3 is 15.0 Å². The van der Waals surface area contributed by atoms with Crippen molar-refractivity contribution >= 4 is 18.5 Å². The van der Waals surface area contributed by atoms with E-state index in [-0.39, 0.29) is 12.1 Å². The lowest BCUT2D eigenvalue weighted by molar-refractivity contribution is 0.0919. The second-order valence-corrected chi connectivity index (χ2v) is 4.66. The van der Waals surface area contributed by atoms with E-state index in [0.717, 1.165) is 5.56 Å². The van der Waals surface area contributed by atoms with Crippen LogP contribution in [0.4, 0.5) is 4.39 Å². The molecule has 1 atom stereocenters. The number of pyridine rings is 1. The van der Waals surface area contributed by atoms with Crippen molar-refractivity contribution in [2.24, 2.45) is 0 Å². The number of amides is 1. The zero-order valence-electron chi connectivity index (χ0n) is 11.0. The van der Waals surface area contributed by atoms with Gasteiger partial charge >= 0.3 is 7.12 Å². The first-order valence-corrected chi connectivity index (χ1v) is 6.48. The molecule has 0 radical (unpaired) electrons. The van der Waals surface area contributed by atoms with Crippen LogP contribution >= 0.6 is 0 Å². The predicted octanol–water partition coefficient (Wildman–Crippen LogP) is 0.409. The van der Waals surface area contributed by atoms with Gasteiger partial charge in [-0.25, -0.2) is 4.98 Å². The standard InChI is InChI=1S/C14H12BFN2O3/c16-13-10(5-3-7-17-13)14(19)18-8-12-9-4-1-2-6-11(9)15(20)21-12/h1-7,12,20H,8H2,(H,18,19). The topological polar surface area (TPSA) is 71.5 Å². The first-order valence-electron chi connectivity index (χ1n) is 6.48. The van der Waals surface area contributed by atoms with E-state index in [1.807, 2.05) is 12.1 Å². The molecule has 0 saturated heterocycles. The maximum Gasteiger partial charge on any atom is 0.492 e. The summed E-state index contributed by atoms with van der Waals surface area (Å²) in [6.45, 7) is 0.140. The highest BCUT2D eigenvalue weighted by Gasteiger charge is 2.34. The fourth-order valence-electron chi connectivity index (χ4n) is 2.33. The summed E-state index contributed by atoms with van der Waals surface area (Å²) >= 11 is 0. The van der Waals surface area contributed by atoms with Gasteiger partial charge in [0.2, 0.25) is 5.95 Å². The Labute approximate surface area is 120 Å². The Balaban J connectivity index is 1.70. The van der Waals surface area contributed by atoms with Crippen molar-refractivity contribution in [3.05, 3.63) is 59.7 Å². The molecule has 1 unspecified atom stereocenters. The predicted molar refractivity (Wildman–Crippen MR) is 74.4 cm³/mol. The summed E-state index contributed by atoms with van der Waals surface area (Å²) in [6.07, 6.45) is 0.818. The molecule has 1 aromatic heterocycles. The molecular weight excluding hydrogens is 274 g/mol. The summed E-state index contributed by atoms with van der Waals surface area (Å²) in [6, 6.07) is 10.1. The molecule has 106 valence electrons. The van der Waals surface area contributed by atoms with Crippen LogP contribution in [0.15, 0.2) is 42.6 Å². The van der Waals surface area contributed by atoms with Crippen molar-refractivity contribution < 1.29 is 18.9 Å². The van der Waals surface area contributed by atoms with Gasteiger partial charge in [-0.05, 0) is 23.2 Å². The van der Waals surface area contributed by atoms with Crippen LogP contribution in [-0.4, -0.2) is 29.6 Å². The van der Waals surface area contributed by atoms with Gasteiger partial charge in [0.05, 0.1) is 11.7 Å². The maximum absolute atomic E-state index is 13.4. The number of hydrogen-bond acceptors (Lipinski definition) is 4. The van der Waals surface area contributed by atoms with E-state index in [2.05, 4.69) is 10.3 Å². The number of carbonyl (C=O) groups is 1. The van der Waals surface area contributed by atoms with Crippen LogP contribution < -0.4 is 10.8 Å². The van der Waals surface area contributed by atoms with Crippen LogP contribution in [0.5, 0.6) is 0 Å². The largest absolute Gasteiger partial charge is 0.492 e. The minimum Gasteiger partial charge on any atom is -0.423 e. The molecule has 2 N–H and O–H groups in total. The van der Waals surface area contributed by atoms with Gasteiger partial charge in [0, 0.05) is 12.7 Å². The average molecular weight is 286 g/mol. The van der Waals surface area contributed by atoms with Crippen molar-refractivity contribution in [3.63, 3.8) is 0 Å². The van der Waals surface area contributed by atoms with E-state index in [9.17, 15) is 14.2 Å². The summed E-state index contributed by atoms with van der Waals surface area (Å²) in [5.41, 5.74) is 1.38. The molecule has 0 bridgehead atoms. The van der Waals surface area contributed by atoms with Gasteiger partial charge in [0.15, 0.2) is 0 Å². The molecule has 1 aromatic carbocycles. The Hall–Kier alpha value is -2.25. The number of carbonyl (C=O) groups excluding carboxylic acids is 1. The minimum absolute atomic E-state index is 0.121. The second kappa shape index (κ2) is 5.63. The number of nitrogens with one attached hydrogen (secondary N) is 1. The summed E-state index contributed by atoms with van der Waals surface area (Å²) in [7, 11) is -1.00. The zero-order chi connectivity index (χ0) is 14.8. The van der Waals surface area contributed by atoms with Gasteiger partial charge in [-0.1, -0.05) is 24.3 Å². The van der Waals surface area contributed by atoms with E-state index < -0.39 is 25.1 Å². The third-order valence-corrected chi connectivity index (χ3v) is 3.35. The van der Waals surface area contributed by atoms with Crippen LogP contribution in [0.25, 0.3) is 0 Å². The lowest BCUT2D eigenvalue weighted by atomic mass is 9.79. The van der Waals surface area contributed by atoms with Crippen LogP contribution in [0, 0.1) is 5.95 Å². The molecule has 7 heteroatoms. The maximum atomic E-state index is 13.4. The molecule has 0 fully saturated rings. The molecule has 2 aromatic rings. The monoisotopic (exact) mass is 286 g/mol. The summed E-state index contributed by atoms with van der Waals surface area (Å²) in [5, 5.41) is 12.4. The third kappa shape index (κ3) is 2.65. The van der Waals surface area contributed by atoms with Gasteiger partial charge in [0.1, 0.15) is 0 Å². The summed E-state index contributed by atoms with van der Waals surface area (Å²) < 4.78 is 18.8. The Kier molecular flexibility index (Phi) is 3.68. The van der Waals surface area contributed by atoms with E-state index >= 15 is 0 Å². The smallest absolute Gasteiger partial charge is 0.423 e. The zero-order valence-corrected chi connectivity index (χ0v) is 11.0. The van der Waals surface area contributed by atoms with Crippen molar-refractivity contribution in [2.75, 3.05) is 6.54 Å². The van der Waals surface area contributed by atoms with E-state index in [1.165, 1.54) is 18.3 Å². The number of aromatic nitrogens is 1. The summed E-state index contributed by atoms with van der Waals surface area (Å²) in [5.74, 6) is -1.38.